The van der Waals surface area contributed by atoms with Gasteiger partial charge in [-0.15, -0.1) is 0 Å². The van der Waals surface area contributed by atoms with Gasteiger partial charge in [-0.25, -0.2) is 0 Å². The molecule has 0 radical (unpaired) electrons. The number of nitrogens with one attached hydrogen (secondary N) is 1. The predicted octanol–water partition coefficient (Wildman–Crippen LogP) is 3.77. The minimum atomic E-state index is -0.00688. The van der Waals surface area contributed by atoms with E-state index >= 15 is 0 Å². The van der Waals surface area contributed by atoms with Crippen LogP contribution in [-0.4, -0.2) is 13.0 Å². The van der Waals surface area contributed by atoms with Crippen LogP contribution in [0.5, 0.6) is 5.75 Å². The molecule has 1 N–H and O–H groups in total. The molecule has 1 aliphatic rings. The molecule has 1 aliphatic carbocycles. The Bertz CT molecular complexity index is 877. The SMILES string of the molecule is COc1ccc2c(CC(=O)NC3CCCc4occc43)coc2c1. The van der Waals surface area contributed by atoms with Crippen LogP contribution < -0.4 is 10.1 Å². The van der Waals surface area contributed by atoms with Gasteiger partial charge in [0, 0.05) is 29.0 Å². The van der Waals surface area contributed by atoms with Crippen LogP contribution in [0.2, 0.25) is 0 Å². The molecule has 1 amide bonds. The van der Waals surface area contributed by atoms with Gasteiger partial charge in [0.15, 0.2) is 0 Å². The fourth-order valence-electron chi connectivity index (χ4n) is 3.38. The van der Waals surface area contributed by atoms with Crippen LogP contribution in [0.1, 0.15) is 35.8 Å². The topological polar surface area (TPSA) is 64.6 Å². The van der Waals surface area contributed by atoms with E-state index in [0.29, 0.717) is 6.42 Å². The molecule has 0 spiro atoms. The third kappa shape index (κ3) is 2.66. The molecule has 0 saturated heterocycles. The molecule has 1 unspecified atom stereocenters. The maximum Gasteiger partial charge on any atom is 0.225 e. The lowest BCUT2D eigenvalue weighted by Gasteiger charge is -2.22. The summed E-state index contributed by atoms with van der Waals surface area (Å²) in [5.74, 6) is 1.72. The molecule has 4 rings (SSSR count). The number of carbonyl (C=O) groups excluding carboxylic acids is 1. The quantitative estimate of drug-likeness (QED) is 0.793. The highest BCUT2D eigenvalue weighted by molar-refractivity contribution is 5.88. The van der Waals surface area contributed by atoms with E-state index in [9.17, 15) is 4.79 Å². The maximum atomic E-state index is 12.5. The average molecular weight is 325 g/mol. The van der Waals surface area contributed by atoms with Crippen molar-refractivity contribution >= 4 is 16.9 Å². The van der Waals surface area contributed by atoms with Crippen molar-refractivity contribution in [3.63, 3.8) is 0 Å². The molecule has 0 bridgehead atoms. The van der Waals surface area contributed by atoms with Crippen LogP contribution in [-0.2, 0) is 17.6 Å². The molecule has 24 heavy (non-hydrogen) atoms. The number of fused-ring (bicyclic) bond motifs is 2. The fraction of sp³-hybridized carbons (Fsp3) is 0.316. The molecule has 0 aliphatic heterocycles. The number of amides is 1. The van der Waals surface area contributed by atoms with Gasteiger partial charge in [0.05, 0.1) is 32.1 Å². The Morgan fingerprint density at radius 2 is 2.25 bits per heavy atom. The van der Waals surface area contributed by atoms with E-state index in [2.05, 4.69) is 5.32 Å². The molecule has 5 nitrogen and oxygen atoms in total. The largest absolute Gasteiger partial charge is 0.497 e. The Kier molecular flexibility index (Phi) is 3.76. The summed E-state index contributed by atoms with van der Waals surface area (Å²) in [4.78, 5) is 12.5. The summed E-state index contributed by atoms with van der Waals surface area (Å²) in [7, 11) is 1.62. The standard InChI is InChI=1S/C19H19NO4/c1-22-13-5-6-14-12(11-24-18(14)10-13)9-19(21)20-16-3-2-4-17-15(16)7-8-23-17/h5-8,10-11,16H,2-4,9H2,1H3,(H,20,21). The number of rotatable bonds is 4. The van der Waals surface area contributed by atoms with Crippen LogP contribution in [0, 0.1) is 0 Å². The van der Waals surface area contributed by atoms with Gasteiger partial charge < -0.3 is 18.9 Å². The third-order valence-electron chi connectivity index (χ3n) is 4.60. The summed E-state index contributed by atoms with van der Waals surface area (Å²) >= 11 is 0. The van der Waals surface area contributed by atoms with E-state index in [1.807, 2.05) is 24.3 Å². The van der Waals surface area contributed by atoms with Crippen molar-refractivity contribution < 1.29 is 18.4 Å². The Morgan fingerprint density at radius 1 is 1.33 bits per heavy atom. The van der Waals surface area contributed by atoms with Crippen LogP contribution in [0.25, 0.3) is 11.0 Å². The van der Waals surface area contributed by atoms with Crippen LogP contribution in [0.15, 0.2) is 45.6 Å². The summed E-state index contributed by atoms with van der Waals surface area (Å²) < 4.78 is 16.2. The Morgan fingerprint density at radius 3 is 3.12 bits per heavy atom. The number of furan rings is 2. The second kappa shape index (κ2) is 6.07. The van der Waals surface area contributed by atoms with Gasteiger partial charge >= 0.3 is 0 Å². The number of methoxy groups -OCH3 is 1. The summed E-state index contributed by atoms with van der Waals surface area (Å²) in [6.07, 6.45) is 6.56. The second-order valence-electron chi connectivity index (χ2n) is 6.11. The van der Waals surface area contributed by atoms with Crippen molar-refractivity contribution in [2.45, 2.75) is 31.7 Å². The van der Waals surface area contributed by atoms with Gasteiger partial charge in [-0.05, 0) is 31.0 Å². The lowest BCUT2D eigenvalue weighted by atomic mass is 9.93. The zero-order valence-corrected chi connectivity index (χ0v) is 13.5. The van der Waals surface area contributed by atoms with E-state index in [4.69, 9.17) is 13.6 Å². The minimum Gasteiger partial charge on any atom is -0.497 e. The number of aryl methyl sites for hydroxylation is 1. The molecule has 1 atom stereocenters. The summed E-state index contributed by atoms with van der Waals surface area (Å²) in [6, 6.07) is 7.63. The lowest BCUT2D eigenvalue weighted by Crippen LogP contribution is -2.31. The van der Waals surface area contributed by atoms with Gasteiger partial charge in [-0.3, -0.25) is 4.79 Å². The van der Waals surface area contributed by atoms with Gasteiger partial charge in [0.1, 0.15) is 17.1 Å². The first-order valence-electron chi connectivity index (χ1n) is 8.14. The van der Waals surface area contributed by atoms with Gasteiger partial charge in [0.2, 0.25) is 5.91 Å². The normalized spacial score (nSPS) is 16.8. The highest BCUT2D eigenvalue weighted by Crippen LogP contribution is 2.31. The highest BCUT2D eigenvalue weighted by Gasteiger charge is 2.24. The Balaban J connectivity index is 1.49. The monoisotopic (exact) mass is 325 g/mol. The number of hydrogen-bond acceptors (Lipinski definition) is 4. The van der Waals surface area contributed by atoms with Crippen LogP contribution in [0.4, 0.5) is 0 Å². The van der Waals surface area contributed by atoms with Crippen LogP contribution in [0.3, 0.4) is 0 Å². The predicted molar refractivity (Wildman–Crippen MR) is 89.0 cm³/mol. The van der Waals surface area contributed by atoms with Crippen molar-refractivity contribution in [1.82, 2.24) is 5.32 Å². The van der Waals surface area contributed by atoms with Crippen molar-refractivity contribution in [2.75, 3.05) is 7.11 Å². The third-order valence-corrected chi connectivity index (χ3v) is 4.60. The molecule has 0 saturated carbocycles. The van der Waals surface area contributed by atoms with Crippen molar-refractivity contribution in [2.24, 2.45) is 0 Å². The van der Waals surface area contributed by atoms with Gasteiger partial charge in [0.25, 0.3) is 0 Å². The van der Waals surface area contributed by atoms with Crippen LogP contribution >= 0.6 is 0 Å². The first-order chi connectivity index (χ1) is 11.7. The Hall–Kier alpha value is -2.69. The number of ether oxygens (including phenoxy) is 1. The van der Waals surface area contributed by atoms with Gasteiger partial charge in [-0.1, -0.05) is 0 Å². The average Bonchev–Trinajstić information content (AvgIpc) is 3.22. The Labute approximate surface area is 139 Å². The highest BCUT2D eigenvalue weighted by atomic mass is 16.5. The van der Waals surface area contributed by atoms with Crippen molar-refractivity contribution in [3.8, 4) is 5.75 Å². The van der Waals surface area contributed by atoms with E-state index < -0.39 is 0 Å². The molecular formula is C19H19NO4. The van der Waals surface area contributed by atoms with Crippen molar-refractivity contribution in [1.29, 1.82) is 0 Å². The first kappa shape index (κ1) is 14.9. The van der Waals surface area contributed by atoms with Gasteiger partial charge in [-0.2, -0.15) is 0 Å². The number of hydrogen-bond donors (Lipinski definition) is 1. The molecule has 0 fully saturated rings. The summed E-state index contributed by atoms with van der Waals surface area (Å²) in [5, 5.41) is 4.06. The zero-order valence-electron chi connectivity index (χ0n) is 13.5. The lowest BCUT2D eigenvalue weighted by molar-refractivity contribution is -0.121. The van der Waals surface area contributed by atoms with E-state index in [1.54, 1.807) is 19.6 Å². The van der Waals surface area contributed by atoms with E-state index in [0.717, 1.165) is 52.9 Å². The summed E-state index contributed by atoms with van der Waals surface area (Å²) in [6.45, 7) is 0. The first-order valence-corrected chi connectivity index (χ1v) is 8.14. The minimum absolute atomic E-state index is 0.00688. The molecule has 2 aromatic heterocycles. The smallest absolute Gasteiger partial charge is 0.225 e. The molecule has 2 heterocycles. The zero-order chi connectivity index (χ0) is 16.5. The maximum absolute atomic E-state index is 12.5. The summed E-state index contributed by atoms with van der Waals surface area (Å²) in [5.41, 5.74) is 2.72. The molecule has 1 aromatic carbocycles. The molecular weight excluding hydrogens is 306 g/mol. The second-order valence-corrected chi connectivity index (χ2v) is 6.11. The fourth-order valence-corrected chi connectivity index (χ4v) is 3.38. The number of benzene rings is 1. The molecule has 124 valence electrons. The number of carbonyl (C=O) groups is 1. The molecule has 3 aromatic rings. The molecule has 5 heteroatoms. The van der Waals surface area contributed by atoms with E-state index in [1.165, 1.54) is 0 Å². The van der Waals surface area contributed by atoms with Crippen molar-refractivity contribution in [3.05, 3.63) is 53.7 Å². The van der Waals surface area contributed by atoms with E-state index in [-0.39, 0.29) is 11.9 Å².